The number of hydrogen-bond donors (Lipinski definition) is 1. The Hall–Kier alpha value is -1.75. The van der Waals surface area contributed by atoms with Crippen molar-refractivity contribution in [3.63, 3.8) is 0 Å². The van der Waals surface area contributed by atoms with Gasteiger partial charge in [-0.05, 0) is 0 Å². The van der Waals surface area contributed by atoms with Crippen molar-refractivity contribution in [3.05, 3.63) is 76.5 Å². The fourth-order valence-electron chi connectivity index (χ4n) is 2.07. The van der Waals surface area contributed by atoms with E-state index < -0.39 is 33.0 Å². The van der Waals surface area contributed by atoms with Crippen molar-refractivity contribution >= 4 is 19.4 Å². The standard InChI is InChI=1S/C18H17F3O2Se/c1-2-23-17(18(19,20)21)16(24-14-11-7-4-8-12-14)15(22)13-9-5-3-6-10-13/h3-12,15,22H,2H2,1H3/b17-16+. The van der Waals surface area contributed by atoms with Gasteiger partial charge < -0.3 is 0 Å². The zero-order chi connectivity index (χ0) is 17.6. The molecule has 0 amide bonds. The number of benzene rings is 2. The van der Waals surface area contributed by atoms with Gasteiger partial charge in [0.2, 0.25) is 0 Å². The van der Waals surface area contributed by atoms with Gasteiger partial charge in [-0.2, -0.15) is 0 Å². The van der Waals surface area contributed by atoms with Crippen LogP contribution >= 0.6 is 0 Å². The van der Waals surface area contributed by atoms with Crippen molar-refractivity contribution in [2.45, 2.75) is 19.2 Å². The third kappa shape index (κ3) is 4.87. The van der Waals surface area contributed by atoms with Crippen molar-refractivity contribution in [1.82, 2.24) is 0 Å². The molecule has 0 bridgehead atoms. The van der Waals surface area contributed by atoms with Crippen LogP contribution in [-0.2, 0) is 4.74 Å². The monoisotopic (exact) mass is 402 g/mol. The molecular formula is C18H17F3O2Se. The quantitative estimate of drug-likeness (QED) is 0.593. The van der Waals surface area contributed by atoms with Crippen molar-refractivity contribution in [2.24, 2.45) is 0 Å². The van der Waals surface area contributed by atoms with E-state index in [1.165, 1.54) is 6.92 Å². The Labute approximate surface area is 145 Å². The molecule has 2 rings (SSSR count). The summed E-state index contributed by atoms with van der Waals surface area (Å²) in [5.74, 6) is -1.09. The second kappa shape index (κ2) is 8.38. The summed E-state index contributed by atoms with van der Waals surface area (Å²) in [6, 6.07) is 17.1. The number of alkyl halides is 3. The summed E-state index contributed by atoms with van der Waals surface area (Å²) >= 11 is -0.726. The average Bonchev–Trinajstić information content (AvgIpc) is 2.58. The summed E-state index contributed by atoms with van der Waals surface area (Å²) in [5.41, 5.74) is 0.409. The first-order chi connectivity index (χ1) is 11.4. The fourth-order valence-corrected chi connectivity index (χ4v) is 4.29. The van der Waals surface area contributed by atoms with Gasteiger partial charge in [0, 0.05) is 0 Å². The van der Waals surface area contributed by atoms with E-state index in [0.717, 1.165) is 4.46 Å². The topological polar surface area (TPSA) is 29.5 Å². The number of hydrogen-bond acceptors (Lipinski definition) is 2. The van der Waals surface area contributed by atoms with Gasteiger partial charge in [0.1, 0.15) is 0 Å². The molecule has 1 atom stereocenters. The van der Waals surface area contributed by atoms with E-state index in [1.54, 1.807) is 60.7 Å². The number of allylic oxidation sites excluding steroid dienone is 1. The predicted molar refractivity (Wildman–Crippen MR) is 87.9 cm³/mol. The Kier molecular flexibility index (Phi) is 6.49. The summed E-state index contributed by atoms with van der Waals surface area (Å²) < 4.78 is 45.9. The molecule has 0 aliphatic carbocycles. The SMILES string of the molecule is CCO/C(=C(/[Se]c1ccccc1)C(O)c1ccccc1)C(F)(F)F. The van der Waals surface area contributed by atoms with Crippen molar-refractivity contribution in [2.75, 3.05) is 6.61 Å². The summed E-state index contributed by atoms with van der Waals surface area (Å²) in [5, 5.41) is 10.6. The summed E-state index contributed by atoms with van der Waals surface area (Å²) in [7, 11) is 0. The number of aliphatic hydroxyl groups is 1. The Balaban J connectivity index is 2.51. The second-order valence-electron chi connectivity index (χ2n) is 4.85. The second-order valence-corrected chi connectivity index (χ2v) is 7.19. The summed E-state index contributed by atoms with van der Waals surface area (Å²) in [6.45, 7) is 1.37. The molecule has 6 heteroatoms. The van der Waals surface area contributed by atoms with Gasteiger partial charge in [0.05, 0.1) is 0 Å². The van der Waals surface area contributed by atoms with Crippen LogP contribution in [0.1, 0.15) is 18.6 Å². The number of halogens is 3. The normalized spacial score (nSPS) is 14.0. The molecular weight excluding hydrogens is 384 g/mol. The first-order valence-corrected chi connectivity index (χ1v) is 9.05. The van der Waals surface area contributed by atoms with E-state index >= 15 is 0 Å². The van der Waals surface area contributed by atoms with Crippen LogP contribution in [0.15, 0.2) is 70.9 Å². The zero-order valence-corrected chi connectivity index (χ0v) is 14.7. The van der Waals surface area contributed by atoms with E-state index in [9.17, 15) is 18.3 Å². The van der Waals surface area contributed by atoms with Gasteiger partial charge in [-0.3, -0.25) is 0 Å². The van der Waals surface area contributed by atoms with Crippen LogP contribution in [0, 0.1) is 0 Å². The minimum atomic E-state index is -4.66. The van der Waals surface area contributed by atoms with E-state index in [2.05, 4.69) is 0 Å². The third-order valence-corrected chi connectivity index (χ3v) is 5.49. The molecule has 2 nitrogen and oxygen atoms in total. The Morgan fingerprint density at radius 2 is 1.58 bits per heavy atom. The molecule has 0 radical (unpaired) electrons. The average molecular weight is 401 g/mol. The maximum atomic E-state index is 13.5. The number of ether oxygens (including phenoxy) is 1. The Bertz CT molecular complexity index is 670. The van der Waals surface area contributed by atoms with Crippen LogP contribution in [-0.4, -0.2) is 32.8 Å². The molecule has 1 unspecified atom stereocenters. The van der Waals surface area contributed by atoms with Crippen molar-refractivity contribution in [1.29, 1.82) is 0 Å². The maximum absolute atomic E-state index is 13.5. The van der Waals surface area contributed by atoms with Gasteiger partial charge in [-0.1, -0.05) is 0 Å². The van der Waals surface area contributed by atoms with Crippen LogP contribution in [0.2, 0.25) is 0 Å². The molecule has 2 aromatic carbocycles. The molecule has 0 fully saturated rings. The molecule has 0 aliphatic rings. The van der Waals surface area contributed by atoms with Gasteiger partial charge in [0.15, 0.2) is 0 Å². The van der Waals surface area contributed by atoms with Crippen LogP contribution in [0.5, 0.6) is 0 Å². The zero-order valence-electron chi connectivity index (χ0n) is 13.0. The fraction of sp³-hybridized carbons (Fsp3) is 0.222. The van der Waals surface area contributed by atoms with Crippen LogP contribution in [0.3, 0.4) is 0 Å². The molecule has 1 N–H and O–H groups in total. The molecule has 2 aromatic rings. The summed E-state index contributed by atoms with van der Waals surface area (Å²) in [6.07, 6.45) is -6.02. The van der Waals surface area contributed by atoms with E-state index in [4.69, 9.17) is 4.74 Å². The van der Waals surface area contributed by atoms with Gasteiger partial charge >= 0.3 is 145 Å². The number of rotatable bonds is 6. The van der Waals surface area contributed by atoms with Crippen LogP contribution < -0.4 is 4.46 Å². The van der Waals surface area contributed by atoms with E-state index in [1.807, 2.05) is 0 Å². The molecule has 0 aromatic heterocycles. The minimum absolute atomic E-state index is 0.120. The molecule has 0 spiro atoms. The van der Waals surface area contributed by atoms with Crippen LogP contribution in [0.4, 0.5) is 13.2 Å². The van der Waals surface area contributed by atoms with E-state index in [0.29, 0.717) is 5.56 Å². The van der Waals surface area contributed by atoms with Crippen LogP contribution in [0.25, 0.3) is 0 Å². The Morgan fingerprint density at radius 3 is 2.08 bits per heavy atom. The molecule has 24 heavy (non-hydrogen) atoms. The molecule has 0 heterocycles. The predicted octanol–water partition coefficient (Wildman–Crippen LogP) is 3.56. The molecule has 0 aliphatic heterocycles. The third-order valence-electron chi connectivity index (χ3n) is 3.10. The first-order valence-electron chi connectivity index (χ1n) is 7.33. The van der Waals surface area contributed by atoms with Gasteiger partial charge in [0.25, 0.3) is 0 Å². The molecule has 0 saturated carbocycles. The molecule has 128 valence electrons. The number of aliphatic hydroxyl groups excluding tert-OH is 1. The first kappa shape index (κ1) is 18.6. The van der Waals surface area contributed by atoms with Crippen molar-refractivity contribution < 1.29 is 23.0 Å². The van der Waals surface area contributed by atoms with E-state index in [-0.39, 0.29) is 11.1 Å². The Morgan fingerprint density at radius 1 is 1.04 bits per heavy atom. The van der Waals surface area contributed by atoms with Gasteiger partial charge in [-0.15, -0.1) is 0 Å². The molecule has 0 saturated heterocycles. The summed E-state index contributed by atoms with van der Waals surface area (Å²) in [4.78, 5) is 0. The van der Waals surface area contributed by atoms with Crippen molar-refractivity contribution in [3.8, 4) is 0 Å². The van der Waals surface area contributed by atoms with Gasteiger partial charge in [-0.25, -0.2) is 0 Å².